The van der Waals surface area contributed by atoms with Crippen LogP contribution in [0.25, 0.3) is 16.3 Å². The molecule has 0 aliphatic rings. The average molecular weight is 404 g/mol. The summed E-state index contributed by atoms with van der Waals surface area (Å²) in [6.07, 6.45) is 1.74. The van der Waals surface area contributed by atoms with Gasteiger partial charge >= 0.3 is 5.97 Å². The van der Waals surface area contributed by atoms with Crippen molar-refractivity contribution < 1.29 is 19.1 Å². The van der Waals surface area contributed by atoms with Gasteiger partial charge in [-0.15, -0.1) is 0 Å². The number of benzene rings is 2. The fourth-order valence-corrected chi connectivity index (χ4v) is 4.09. The molecule has 1 amide bonds. The van der Waals surface area contributed by atoms with E-state index in [1.165, 1.54) is 0 Å². The van der Waals surface area contributed by atoms with Crippen LogP contribution in [0, 0.1) is 0 Å². The summed E-state index contributed by atoms with van der Waals surface area (Å²) in [6.45, 7) is 1.74. The zero-order valence-corrected chi connectivity index (χ0v) is 16.3. The van der Waals surface area contributed by atoms with Crippen LogP contribution in [-0.2, 0) is 9.53 Å². The predicted octanol–water partition coefficient (Wildman–Crippen LogP) is 3.64. The number of carbonyl (C=O) groups excluding carboxylic acids is 3. The Kier molecular flexibility index (Phi) is 5.05. The van der Waals surface area contributed by atoms with Crippen molar-refractivity contribution in [2.45, 2.75) is 6.92 Å². The van der Waals surface area contributed by atoms with Crippen LogP contribution in [0.5, 0.6) is 0 Å². The maximum atomic E-state index is 12.8. The van der Waals surface area contributed by atoms with E-state index in [-0.39, 0.29) is 11.5 Å². The molecule has 144 valence electrons. The topological polar surface area (TPSA) is 77.2 Å². The van der Waals surface area contributed by atoms with Crippen LogP contribution in [0.2, 0.25) is 0 Å². The molecule has 2 aromatic carbocycles. The first kappa shape index (κ1) is 18.8. The van der Waals surface area contributed by atoms with Gasteiger partial charge in [0.2, 0.25) is 0 Å². The summed E-state index contributed by atoms with van der Waals surface area (Å²) in [5, 5.41) is 1.69. The number of amides is 1. The molecule has 0 aliphatic heterocycles. The minimum atomic E-state index is -0.926. The Labute approximate surface area is 169 Å². The number of carbonyl (C=O) groups is 3. The van der Waals surface area contributed by atoms with E-state index >= 15 is 0 Å². The van der Waals surface area contributed by atoms with Gasteiger partial charge in [0.05, 0.1) is 12.1 Å². The standard InChI is InChI=1S/C22H16N2O4S/c1-2-28-21(27)18(25)19-17-16-11-7-6-8-14(16)12-13-24(17)22(29-19)23-20(26)15-9-4-3-5-10-15/h3-13H,2H2,1H3. The predicted molar refractivity (Wildman–Crippen MR) is 110 cm³/mol. The SMILES string of the molecule is CCOC(=O)C(=O)c1sc(=NC(=O)c2ccccc2)n2ccc3ccccc3c12. The van der Waals surface area contributed by atoms with Gasteiger partial charge < -0.3 is 4.74 Å². The quantitative estimate of drug-likeness (QED) is 0.296. The number of thiazole rings is 1. The molecule has 0 spiro atoms. The van der Waals surface area contributed by atoms with E-state index in [2.05, 4.69) is 4.99 Å². The summed E-state index contributed by atoms with van der Waals surface area (Å²) in [5.41, 5.74) is 0.972. The van der Waals surface area contributed by atoms with Crippen LogP contribution in [0.15, 0.2) is 71.9 Å². The molecule has 0 aliphatic carbocycles. The first-order valence-corrected chi connectivity index (χ1v) is 9.80. The first-order chi connectivity index (χ1) is 14.1. The van der Waals surface area contributed by atoms with E-state index in [1.807, 2.05) is 36.4 Å². The Bertz CT molecular complexity index is 1320. The lowest BCUT2D eigenvalue weighted by Gasteiger charge is -2.03. The summed E-state index contributed by atoms with van der Waals surface area (Å²) in [7, 11) is 0. The molecule has 2 heterocycles. The van der Waals surface area contributed by atoms with Gasteiger partial charge in [-0.3, -0.25) is 14.0 Å². The number of nitrogens with zero attached hydrogens (tertiary/aromatic N) is 2. The fraction of sp³-hybridized carbons (Fsp3) is 0.0909. The highest BCUT2D eigenvalue weighted by molar-refractivity contribution is 7.13. The largest absolute Gasteiger partial charge is 0.460 e. The second kappa shape index (κ2) is 7.81. The number of fused-ring (bicyclic) bond motifs is 3. The third-order valence-corrected chi connectivity index (χ3v) is 5.41. The zero-order chi connectivity index (χ0) is 20.4. The minimum Gasteiger partial charge on any atom is -0.460 e. The third-order valence-electron chi connectivity index (χ3n) is 4.36. The normalized spacial score (nSPS) is 11.7. The van der Waals surface area contributed by atoms with Crippen LogP contribution < -0.4 is 4.80 Å². The summed E-state index contributed by atoms with van der Waals surface area (Å²) < 4.78 is 6.56. The van der Waals surface area contributed by atoms with Gasteiger partial charge in [0.15, 0.2) is 4.80 Å². The van der Waals surface area contributed by atoms with Crippen LogP contribution in [0.4, 0.5) is 0 Å². The van der Waals surface area contributed by atoms with Crippen LogP contribution in [0.3, 0.4) is 0 Å². The van der Waals surface area contributed by atoms with Gasteiger partial charge in [0, 0.05) is 17.1 Å². The van der Waals surface area contributed by atoms with E-state index in [1.54, 1.807) is 41.8 Å². The minimum absolute atomic E-state index is 0.103. The molecular weight excluding hydrogens is 388 g/mol. The molecular formula is C22H16N2O4S. The van der Waals surface area contributed by atoms with Gasteiger partial charge in [-0.2, -0.15) is 4.99 Å². The van der Waals surface area contributed by atoms with Crippen molar-refractivity contribution in [3.05, 3.63) is 82.1 Å². The van der Waals surface area contributed by atoms with Gasteiger partial charge in [0.25, 0.3) is 11.7 Å². The first-order valence-electron chi connectivity index (χ1n) is 8.98. The molecule has 0 fully saturated rings. The lowest BCUT2D eigenvalue weighted by molar-refractivity contribution is -0.137. The highest BCUT2D eigenvalue weighted by atomic mass is 32.1. The van der Waals surface area contributed by atoms with E-state index in [0.29, 0.717) is 15.9 Å². The molecule has 0 radical (unpaired) electrons. The van der Waals surface area contributed by atoms with Crippen molar-refractivity contribution in [2.24, 2.45) is 4.99 Å². The number of aromatic nitrogens is 1. The van der Waals surface area contributed by atoms with E-state index in [0.717, 1.165) is 22.1 Å². The summed E-state index contributed by atoms with van der Waals surface area (Å²) in [4.78, 5) is 42.2. The second-order valence-corrected chi connectivity index (χ2v) is 7.15. The summed E-state index contributed by atoms with van der Waals surface area (Å²) in [6, 6.07) is 18.1. The smallest absolute Gasteiger partial charge is 0.380 e. The summed E-state index contributed by atoms with van der Waals surface area (Å²) in [5.74, 6) is -2.10. The molecule has 7 heteroatoms. The Balaban J connectivity index is 1.98. The van der Waals surface area contributed by atoms with Gasteiger partial charge in [-0.05, 0) is 30.5 Å². The molecule has 4 aromatic rings. The molecule has 0 N–H and O–H groups in total. The maximum Gasteiger partial charge on any atom is 0.380 e. The molecule has 0 atom stereocenters. The molecule has 0 unspecified atom stereocenters. The zero-order valence-electron chi connectivity index (χ0n) is 15.5. The number of esters is 1. The Morgan fingerprint density at radius 3 is 2.48 bits per heavy atom. The molecule has 2 aromatic heterocycles. The number of hydrogen-bond acceptors (Lipinski definition) is 5. The van der Waals surface area contributed by atoms with Crippen molar-refractivity contribution >= 4 is 45.3 Å². The van der Waals surface area contributed by atoms with Gasteiger partial charge in [-0.1, -0.05) is 53.8 Å². The van der Waals surface area contributed by atoms with Crippen molar-refractivity contribution in [1.82, 2.24) is 4.40 Å². The molecule has 6 nitrogen and oxygen atoms in total. The number of hydrogen-bond donors (Lipinski definition) is 0. The van der Waals surface area contributed by atoms with Gasteiger partial charge in [0.1, 0.15) is 4.88 Å². The highest BCUT2D eigenvalue weighted by Crippen LogP contribution is 2.25. The molecule has 0 saturated heterocycles. The van der Waals surface area contributed by atoms with E-state index < -0.39 is 17.7 Å². The van der Waals surface area contributed by atoms with Crippen LogP contribution in [-0.4, -0.2) is 28.7 Å². The number of rotatable bonds is 4. The maximum absolute atomic E-state index is 12.8. The second-order valence-electron chi connectivity index (χ2n) is 6.17. The van der Waals surface area contributed by atoms with Crippen molar-refractivity contribution in [3.8, 4) is 0 Å². The summed E-state index contributed by atoms with van der Waals surface area (Å²) >= 11 is 0.998. The fourth-order valence-electron chi connectivity index (χ4n) is 3.05. The van der Waals surface area contributed by atoms with E-state index in [9.17, 15) is 14.4 Å². The van der Waals surface area contributed by atoms with E-state index in [4.69, 9.17) is 4.74 Å². The molecule has 4 rings (SSSR count). The van der Waals surface area contributed by atoms with Crippen LogP contribution >= 0.6 is 11.3 Å². The lowest BCUT2D eigenvalue weighted by atomic mass is 10.1. The number of pyridine rings is 1. The Morgan fingerprint density at radius 2 is 1.72 bits per heavy atom. The Morgan fingerprint density at radius 1 is 1.00 bits per heavy atom. The number of Topliss-reactive ketones (excluding diaryl/α,β-unsaturated/α-hetero) is 1. The molecule has 29 heavy (non-hydrogen) atoms. The third kappa shape index (κ3) is 3.48. The van der Waals surface area contributed by atoms with Crippen molar-refractivity contribution in [2.75, 3.05) is 6.61 Å². The Hall–Kier alpha value is -3.58. The van der Waals surface area contributed by atoms with Crippen molar-refractivity contribution in [1.29, 1.82) is 0 Å². The lowest BCUT2D eigenvalue weighted by Crippen LogP contribution is -2.16. The number of ether oxygens (including phenoxy) is 1. The molecule has 0 saturated carbocycles. The molecule has 0 bridgehead atoms. The van der Waals surface area contributed by atoms with Gasteiger partial charge in [-0.25, -0.2) is 4.79 Å². The van der Waals surface area contributed by atoms with Crippen molar-refractivity contribution in [3.63, 3.8) is 0 Å². The average Bonchev–Trinajstić information content (AvgIpc) is 3.12. The monoisotopic (exact) mass is 404 g/mol. The highest BCUT2D eigenvalue weighted by Gasteiger charge is 2.24. The number of ketones is 1. The van der Waals surface area contributed by atoms with Crippen LogP contribution in [0.1, 0.15) is 27.0 Å².